The molecule has 0 atom stereocenters. The van der Waals surface area contributed by atoms with E-state index in [2.05, 4.69) is 34.5 Å². The number of hydrogen-bond donors (Lipinski definition) is 1. The van der Waals surface area contributed by atoms with Crippen molar-refractivity contribution in [2.45, 2.75) is 13.0 Å². The molecule has 1 fully saturated rings. The van der Waals surface area contributed by atoms with Crippen molar-refractivity contribution < 1.29 is 9.15 Å². The van der Waals surface area contributed by atoms with Crippen molar-refractivity contribution >= 4 is 5.69 Å². The summed E-state index contributed by atoms with van der Waals surface area (Å²) in [6, 6.07) is 12.7. The molecule has 1 N–H and O–H groups in total. The minimum Gasteiger partial charge on any atom is -0.469 e. The molecular weight excluding hydrogens is 264 g/mol. The minimum absolute atomic E-state index is 0.829. The zero-order chi connectivity index (χ0) is 14.3. The smallest absolute Gasteiger partial charge is 0.105 e. The summed E-state index contributed by atoms with van der Waals surface area (Å²) in [6.45, 7) is 5.45. The van der Waals surface area contributed by atoms with Gasteiger partial charge in [-0.3, -0.25) is 0 Å². The Hall–Kier alpha value is -1.78. The Morgan fingerprint density at radius 2 is 1.86 bits per heavy atom. The van der Waals surface area contributed by atoms with Gasteiger partial charge < -0.3 is 19.4 Å². The zero-order valence-electron chi connectivity index (χ0n) is 12.3. The maximum Gasteiger partial charge on any atom is 0.105 e. The van der Waals surface area contributed by atoms with Crippen molar-refractivity contribution in [2.75, 3.05) is 37.7 Å². The predicted octanol–water partition coefficient (Wildman–Crippen LogP) is 2.45. The first kappa shape index (κ1) is 14.2. The Balaban J connectivity index is 1.43. The van der Waals surface area contributed by atoms with Gasteiger partial charge in [-0.2, -0.15) is 0 Å². The highest BCUT2D eigenvalue weighted by Gasteiger charge is 2.10. The quantitative estimate of drug-likeness (QED) is 0.828. The Bertz CT molecular complexity index is 516. The monoisotopic (exact) mass is 286 g/mol. The summed E-state index contributed by atoms with van der Waals surface area (Å²) in [5.74, 6) is 1.03. The van der Waals surface area contributed by atoms with Gasteiger partial charge in [-0.25, -0.2) is 0 Å². The summed E-state index contributed by atoms with van der Waals surface area (Å²) in [4.78, 5) is 2.37. The lowest BCUT2D eigenvalue weighted by atomic mass is 10.2. The molecule has 1 saturated heterocycles. The number of hydrogen-bond acceptors (Lipinski definition) is 4. The van der Waals surface area contributed by atoms with Gasteiger partial charge in [-0.05, 0) is 29.8 Å². The fraction of sp³-hybridized carbons (Fsp3) is 0.412. The molecule has 0 amide bonds. The molecule has 0 spiro atoms. The highest BCUT2D eigenvalue weighted by molar-refractivity contribution is 5.47. The number of nitrogens with one attached hydrogen (secondary N) is 1. The van der Waals surface area contributed by atoms with Gasteiger partial charge in [0.25, 0.3) is 0 Å². The normalized spacial score (nSPS) is 15.3. The van der Waals surface area contributed by atoms with Gasteiger partial charge in [0, 0.05) is 38.3 Å². The van der Waals surface area contributed by atoms with Crippen LogP contribution in [-0.4, -0.2) is 32.8 Å². The maximum atomic E-state index is 5.38. The number of ether oxygens (including phenoxy) is 1. The standard InChI is InChI=1S/C17H22N2O2/c1-2-17(21-11-1)7-8-18-14-15-3-5-16(6-4-15)19-9-12-20-13-10-19/h1-6,11,18H,7-10,12-14H2. The van der Waals surface area contributed by atoms with Gasteiger partial charge in [0.1, 0.15) is 5.76 Å². The van der Waals surface area contributed by atoms with Crippen LogP contribution in [0.5, 0.6) is 0 Å². The molecule has 0 radical (unpaired) electrons. The van der Waals surface area contributed by atoms with Crippen LogP contribution in [0.4, 0.5) is 5.69 Å². The Kier molecular flexibility index (Phi) is 4.92. The van der Waals surface area contributed by atoms with Gasteiger partial charge in [-0.1, -0.05) is 12.1 Å². The molecule has 112 valence electrons. The molecule has 21 heavy (non-hydrogen) atoms. The van der Waals surface area contributed by atoms with E-state index in [0.29, 0.717) is 0 Å². The largest absolute Gasteiger partial charge is 0.469 e. The average molecular weight is 286 g/mol. The topological polar surface area (TPSA) is 37.6 Å². The molecule has 1 aromatic carbocycles. The van der Waals surface area contributed by atoms with Crippen LogP contribution in [-0.2, 0) is 17.7 Å². The number of anilines is 1. The van der Waals surface area contributed by atoms with E-state index in [1.165, 1.54) is 11.3 Å². The third-order valence-corrected chi connectivity index (χ3v) is 3.77. The van der Waals surface area contributed by atoms with Crippen molar-refractivity contribution in [2.24, 2.45) is 0 Å². The fourth-order valence-corrected chi connectivity index (χ4v) is 2.55. The molecule has 4 nitrogen and oxygen atoms in total. The molecule has 4 heteroatoms. The Labute approximate surface area is 125 Å². The average Bonchev–Trinajstić information content (AvgIpc) is 3.06. The van der Waals surface area contributed by atoms with E-state index in [1.807, 2.05) is 12.1 Å². The summed E-state index contributed by atoms with van der Waals surface area (Å²) in [6.07, 6.45) is 2.65. The van der Waals surface area contributed by atoms with E-state index < -0.39 is 0 Å². The van der Waals surface area contributed by atoms with Gasteiger partial charge >= 0.3 is 0 Å². The third-order valence-electron chi connectivity index (χ3n) is 3.77. The molecule has 1 aromatic heterocycles. The second kappa shape index (κ2) is 7.29. The Morgan fingerprint density at radius 3 is 2.57 bits per heavy atom. The Morgan fingerprint density at radius 1 is 1.05 bits per heavy atom. The first-order valence-corrected chi connectivity index (χ1v) is 7.56. The summed E-state index contributed by atoms with van der Waals surface area (Å²) in [7, 11) is 0. The molecule has 0 bridgehead atoms. The second-order valence-electron chi connectivity index (χ2n) is 5.27. The number of rotatable bonds is 6. The van der Waals surface area contributed by atoms with Crippen molar-refractivity contribution in [3.05, 3.63) is 54.0 Å². The summed E-state index contributed by atoms with van der Waals surface area (Å²) in [5.41, 5.74) is 2.60. The number of benzene rings is 1. The lowest BCUT2D eigenvalue weighted by Crippen LogP contribution is -2.36. The van der Waals surface area contributed by atoms with E-state index in [1.54, 1.807) is 6.26 Å². The van der Waals surface area contributed by atoms with E-state index >= 15 is 0 Å². The summed E-state index contributed by atoms with van der Waals surface area (Å²) >= 11 is 0. The lowest BCUT2D eigenvalue weighted by Gasteiger charge is -2.28. The lowest BCUT2D eigenvalue weighted by molar-refractivity contribution is 0.122. The van der Waals surface area contributed by atoms with Gasteiger partial charge in [0.2, 0.25) is 0 Å². The van der Waals surface area contributed by atoms with Crippen molar-refractivity contribution in [1.29, 1.82) is 0 Å². The zero-order valence-corrected chi connectivity index (χ0v) is 12.3. The van der Waals surface area contributed by atoms with Crippen LogP contribution >= 0.6 is 0 Å². The summed E-state index contributed by atoms with van der Waals surface area (Å²) < 4.78 is 10.7. The van der Waals surface area contributed by atoms with Crippen LogP contribution in [0.3, 0.4) is 0 Å². The first-order chi connectivity index (χ1) is 10.4. The van der Waals surface area contributed by atoms with Crippen molar-refractivity contribution in [1.82, 2.24) is 5.32 Å². The fourth-order valence-electron chi connectivity index (χ4n) is 2.55. The van der Waals surface area contributed by atoms with Gasteiger partial charge in [0.05, 0.1) is 19.5 Å². The number of morpholine rings is 1. The van der Waals surface area contributed by atoms with E-state index in [4.69, 9.17) is 9.15 Å². The van der Waals surface area contributed by atoms with Crippen LogP contribution in [0.1, 0.15) is 11.3 Å². The predicted molar refractivity (Wildman–Crippen MR) is 83.6 cm³/mol. The highest BCUT2D eigenvalue weighted by Crippen LogP contribution is 2.16. The van der Waals surface area contributed by atoms with Crippen LogP contribution < -0.4 is 10.2 Å². The number of furan rings is 1. The third kappa shape index (κ3) is 4.09. The van der Waals surface area contributed by atoms with Crippen LogP contribution in [0.25, 0.3) is 0 Å². The molecule has 2 heterocycles. The van der Waals surface area contributed by atoms with E-state index in [9.17, 15) is 0 Å². The molecule has 0 unspecified atom stereocenters. The molecule has 1 aliphatic rings. The SMILES string of the molecule is c1coc(CCNCc2ccc(N3CCOCC3)cc2)c1. The molecule has 1 aliphatic heterocycles. The van der Waals surface area contributed by atoms with Gasteiger partial charge in [0.15, 0.2) is 0 Å². The van der Waals surface area contributed by atoms with Crippen LogP contribution in [0.2, 0.25) is 0 Å². The molecule has 2 aromatic rings. The van der Waals surface area contributed by atoms with E-state index in [-0.39, 0.29) is 0 Å². The van der Waals surface area contributed by atoms with Gasteiger partial charge in [-0.15, -0.1) is 0 Å². The van der Waals surface area contributed by atoms with Crippen LogP contribution in [0, 0.1) is 0 Å². The molecule has 0 saturated carbocycles. The number of nitrogens with zero attached hydrogens (tertiary/aromatic N) is 1. The maximum absolute atomic E-state index is 5.38. The second-order valence-corrected chi connectivity index (χ2v) is 5.27. The molecule has 0 aliphatic carbocycles. The molecular formula is C17H22N2O2. The minimum atomic E-state index is 0.829. The van der Waals surface area contributed by atoms with E-state index in [0.717, 1.165) is 51.6 Å². The van der Waals surface area contributed by atoms with Crippen LogP contribution in [0.15, 0.2) is 47.1 Å². The first-order valence-electron chi connectivity index (χ1n) is 7.56. The summed E-state index contributed by atoms with van der Waals surface area (Å²) in [5, 5.41) is 3.45. The molecule has 3 rings (SSSR count). The highest BCUT2D eigenvalue weighted by atomic mass is 16.5. The van der Waals surface area contributed by atoms with Crippen molar-refractivity contribution in [3.8, 4) is 0 Å². The van der Waals surface area contributed by atoms with Crippen molar-refractivity contribution in [3.63, 3.8) is 0 Å².